The summed E-state index contributed by atoms with van der Waals surface area (Å²) in [5, 5.41) is 9.61. The molecular weight excluding hydrogens is 353 g/mol. The van der Waals surface area contributed by atoms with Gasteiger partial charge in [0.15, 0.2) is 5.60 Å². The second-order valence-electron chi connectivity index (χ2n) is 6.63. The van der Waals surface area contributed by atoms with Gasteiger partial charge in [-0.15, -0.1) is 0 Å². The number of aliphatic hydroxyl groups is 1. The summed E-state index contributed by atoms with van der Waals surface area (Å²) in [6, 6.07) is 0. The Morgan fingerprint density at radius 1 is 1.04 bits per heavy atom. The normalized spacial score (nSPS) is 14.4. The largest absolute Gasteiger partial charge is 0.464 e. The van der Waals surface area contributed by atoms with Crippen LogP contribution in [-0.2, 0) is 19.1 Å². The van der Waals surface area contributed by atoms with Crippen LogP contribution in [0.3, 0.4) is 0 Å². The van der Waals surface area contributed by atoms with Gasteiger partial charge in [0, 0.05) is 0 Å². The Morgan fingerprint density at radius 3 is 1.81 bits per heavy atom. The topological polar surface area (TPSA) is 72.8 Å². The third-order valence-corrected chi connectivity index (χ3v) is 2.82. The van der Waals surface area contributed by atoms with E-state index < -0.39 is 29.3 Å². The number of carbonyl (C=O) groups excluding carboxylic acids is 2. The molecule has 0 aromatic rings. The van der Waals surface area contributed by atoms with Crippen molar-refractivity contribution in [3.8, 4) is 0 Å². The Balaban J connectivity index is 0. The number of rotatable bonds is 7. The lowest BCUT2D eigenvalue weighted by Gasteiger charge is -2.22. The van der Waals surface area contributed by atoms with Crippen molar-refractivity contribution >= 4 is 11.9 Å². The van der Waals surface area contributed by atoms with Gasteiger partial charge in [0.2, 0.25) is 0 Å². The van der Waals surface area contributed by atoms with Gasteiger partial charge < -0.3 is 14.6 Å². The molecule has 5 nitrogen and oxygen atoms in total. The highest BCUT2D eigenvalue weighted by atomic mass is 19.4. The standard InChI is InChI=1S/C9H13F3O2.C9H18O3/c1-4-14-8(13)7(5-6(2)3)9(10,11)12;1-5-12-8(10)9(4,11)6-7(2)3/h5-6H,4H2,1-3H3;7,11H,5-6H2,1-4H3. The van der Waals surface area contributed by atoms with E-state index in [9.17, 15) is 27.9 Å². The molecule has 0 heterocycles. The fourth-order valence-electron chi connectivity index (χ4n) is 1.99. The summed E-state index contributed by atoms with van der Waals surface area (Å²) in [4.78, 5) is 22.0. The third kappa shape index (κ3) is 11.9. The van der Waals surface area contributed by atoms with Crippen molar-refractivity contribution in [2.75, 3.05) is 13.2 Å². The van der Waals surface area contributed by atoms with E-state index in [2.05, 4.69) is 4.74 Å². The van der Waals surface area contributed by atoms with E-state index in [1.54, 1.807) is 20.8 Å². The van der Waals surface area contributed by atoms with Crippen LogP contribution >= 0.6 is 0 Å². The van der Waals surface area contributed by atoms with Crippen molar-refractivity contribution in [1.29, 1.82) is 0 Å². The molecule has 154 valence electrons. The second-order valence-corrected chi connectivity index (χ2v) is 6.63. The molecule has 1 unspecified atom stereocenters. The van der Waals surface area contributed by atoms with Crippen LogP contribution in [0.25, 0.3) is 0 Å². The van der Waals surface area contributed by atoms with E-state index >= 15 is 0 Å². The summed E-state index contributed by atoms with van der Waals surface area (Å²) in [6.07, 6.45) is -3.35. The molecular formula is C18H31F3O5. The van der Waals surface area contributed by atoms with Crippen LogP contribution in [0.4, 0.5) is 13.2 Å². The van der Waals surface area contributed by atoms with E-state index in [1.807, 2.05) is 13.8 Å². The number of hydrogen-bond donors (Lipinski definition) is 1. The first-order valence-corrected chi connectivity index (χ1v) is 8.54. The highest BCUT2D eigenvalue weighted by molar-refractivity contribution is 5.89. The van der Waals surface area contributed by atoms with Crippen LogP contribution in [0.15, 0.2) is 11.6 Å². The average Bonchev–Trinajstić information content (AvgIpc) is 2.43. The van der Waals surface area contributed by atoms with Gasteiger partial charge in [-0.2, -0.15) is 13.2 Å². The Bertz CT molecular complexity index is 466. The SMILES string of the molecule is CCOC(=O)C(=CC(C)C)C(F)(F)F.CCOC(=O)C(C)(O)CC(C)C. The molecule has 0 rings (SSSR count). The molecule has 1 atom stereocenters. The van der Waals surface area contributed by atoms with Gasteiger partial charge in [0.1, 0.15) is 5.57 Å². The highest BCUT2D eigenvalue weighted by Gasteiger charge is 2.39. The molecule has 0 radical (unpaired) electrons. The van der Waals surface area contributed by atoms with Crippen LogP contribution in [0.1, 0.15) is 54.9 Å². The van der Waals surface area contributed by atoms with Gasteiger partial charge in [-0.25, -0.2) is 9.59 Å². The molecule has 1 N–H and O–H groups in total. The zero-order chi connectivity index (χ0) is 21.1. The zero-order valence-corrected chi connectivity index (χ0v) is 16.6. The minimum Gasteiger partial charge on any atom is -0.464 e. The maximum Gasteiger partial charge on any atom is 0.423 e. The summed E-state index contributed by atoms with van der Waals surface area (Å²) < 4.78 is 45.9. The van der Waals surface area contributed by atoms with E-state index in [1.165, 1.54) is 13.8 Å². The Morgan fingerprint density at radius 2 is 1.50 bits per heavy atom. The molecule has 0 fully saturated rings. The van der Waals surface area contributed by atoms with Crippen LogP contribution in [0, 0.1) is 11.8 Å². The number of carbonyl (C=O) groups is 2. The first kappa shape index (κ1) is 26.7. The zero-order valence-electron chi connectivity index (χ0n) is 16.6. The fourth-order valence-corrected chi connectivity index (χ4v) is 1.99. The van der Waals surface area contributed by atoms with Crippen molar-refractivity contribution < 1.29 is 37.3 Å². The summed E-state index contributed by atoms with van der Waals surface area (Å²) in [5.74, 6) is -1.91. The summed E-state index contributed by atoms with van der Waals surface area (Å²) >= 11 is 0. The van der Waals surface area contributed by atoms with Crippen molar-refractivity contribution in [2.45, 2.75) is 66.7 Å². The molecule has 0 bridgehead atoms. The Labute approximate surface area is 153 Å². The number of hydrogen-bond acceptors (Lipinski definition) is 5. The van der Waals surface area contributed by atoms with E-state index in [0.29, 0.717) is 13.0 Å². The van der Waals surface area contributed by atoms with Crippen molar-refractivity contribution in [3.63, 3.8) is 0 Å². The summed E-state index contributed by atoms with van der Waals surface area (Å²) in [6.45, 7) is 11.9. The van der Waals surface area contributed by atoms with Crippen LogP contribution in [0.2, 0.25) is 0 Å². The van der Waals surface area contributed by atoms with Gasteiger partial charge in [0.25, 0.3) is 0 Å². The van der Waals surface area contributed by atoms with Crippen molar-refractivity contribution in [2.24, 2.45) is 11.8 Å². The average molecular weight is 384 g/mol. The molecule has 0 aliphatic heterocycles. The van der Waals surface area contributed by atoms with Crippen LogP contribution in [0.5, 0.6) is 0 Å². The molecule has 0 aromatic carbocycles. The lowest BCUT2D eigenvalue weighted by Crippen LogP contribution is -2.38. The van der Waals surface area contributed by atoms with E-state index in [-0.39, 0.29) is 18.4 Å². The predicted molar refractivity (Wildman–Crippen MR) is 92.3 cm³/mol. The highest BCUT2D eigenvalue weighted by Crippen LogP contribution is 2.27. The van der Waals surface area contributed by atoms with Crippen molar-refractivity contribution in [1.82, 2.24) is 0 Å². The minimum atomic E-state index is -4.64. The third-order valence-electron chi connectivity index (χ3n) is 2.82. The van der Waals surface area contributed by atoms with Crippen LogP contribution in [-0.4, -0.2) is 42.0 Å². The maximum absolute atomic E-state index is 12.3. The lowest BCUT2D eigenvalue weighted by atomic mass is 9.94. The second kappa shape index (κ2) is 11.9. The van der Waals surface area contributed by atoms with E-state index in [0.717, 1.165) is 6.08 Å². The monoisotopic (exact) mass is 384 g/mol. The lowest BCUT2D eigenvalue weighted by molar-refractivity contribution is -0.164. The number of alkyl halides is 3. The molecule has 0 saturated heterocycles. The molecule has 8 heteroatoms. The van der Waals surface area contributed by atoms with Gasteiger partial charge in [-0.05, 0) is 39.0 Å². The van der Waals surface area contributed by atoms with Gasteiger partial charge in [-0.3, -0.25) is 0 Å². The number of halogens is 3. The first-order chi connectivity index (χ1) is 11.7. The number of ether oxygens (including phenoxy) is 2. The fraction of sp³-hybridized carbons (Fsp3) is 0.778. The summed E-state index contributed by atoms with van der Waals surface area (Å²) in [7, 11) is 0. The van der Waals surface area contributed by atoms with Gasteiger partial charge >= 0.3 is 18.1 Å². The molecule has 0 saturated carbocycles. The number of esters is 2. The minimum absolute atomic E-state index is 0.0651. The van der Waals surface area contributed by atoms with Crippen LogP contribution < -0.4 is 0 Å². The maximum atomic E-state index is 12.3. The molecule has 0 amide bonds. The first-order valence-electron chi connectivity index (χ1n) is 8.54. The predicted octanol–water partition coefficient (Wildman–Crippen LogP) is 4.04. The number of allylic oxidation sites excluding steroid dienone is 1. The van der Waals surface area contributed by atoms with Gasteiger partial charge in [-0.1, -0.05) is 33.8 Å². The Kier molecular flexibility index (Phi) is 12.2. The molecule has 0 aliphatic rings. The van der Waals surface area contributed by atoms with E-state index in [4.69, 9.17) is 4.74 Å². The van der Waals surface area contributed by atoms with Crippen molar-refractivity contribution in [3.05, 3.63) is 11.6 Å². The molecule has 0 spiro atoms. The quantitative estimate of drug-likeness (QED) is 0.530. The summed E-state index contributed by atoms with van der Waals surface area (Å²) in [5.41, 5.74) is -2.56. The molecule has 0 aliphatic carbocycles. The molecule has 0 aromatic heterocycles. The molecule has 26 heavy (non-hydrogen) atoms. The smallest absolute Gasteiger partial charge is 0.423 e. The van der Waals surface area contributed by atoms with Gasteiger partial charge in [0.05, 0.1) is 13.2 Å². The Hall–Kier alpha value is -1.57.